The van der Waals surface area contributed by atoms with Crippen LogP contribution in [-0.4, -0.2) is 48.2 Å². The number of hydrogen-bond donors (Lipinski definition) is 5. The van der Waals surface area contributed by atoms with Crippen molar-refractivity contribution in [1.29, 1.82) is 0 Å². The number of nitrogens with zero attached hydrogens (tertiary/aromatic N) is 8. The van der Waals surface area contributed by atoms with Gasteiger partial charge in [-0.05, 0) is 90.2 Å². The van der Waals surface area contributed by atoms with Gasteiger partial charge >= 0.3 is 11.4 Å². The molecule has 8 N–H and O–H groups in total. The fourth-order valence-corrected chi connectivity index (χ4v) is 6.61. The Morgan fingerprint density at radius 3 is 1.37 bits per heavy atom. The van der Waals surface area contributed by atoms with Crippen molar-refractivity contribution >= 4 is 39.7 Å². The number of nitrogens with one attached hydrogen (secondary N) is 2. The van der Waals surface area contributed by atoms with E-state index in [1.54, 1.807) is 17.0 Å². The van der Waals surface area contributed by atoms with Crippen molar-refractivity contribution in [3.8, 4) is 0 Å². The standard InChI is InChI=1S/C12H18N4O.C12H18N4.C10H17N3O.C10H16N2O2.CH4/c1-6(2)8-5-16(7(3)4)10-9(8)11(17)15-12(13)14-10;1-7(2)9-5-16(8(3)4)12-10(9)11(13)14-6-15-12;1-6(2)8-5-13(7(3)4)10(14)12-9(8)11;1-6(2)8-5-12(7(3)4)10(14)11-9(8)13;/h5-7H,1-4H3,(H3,13,14,15,17);5-8H,1-4H3,(H2,13,14,15);5-7H,1-4H3,(H2,11,12,14);5-7H,1-4H3,(H,11,13,14);1H4. The Bertz CT molecular complexity index is 2610. The molecule has 342 valence electrons. The molecule has 0 fully saturated rings. The number of H-pyrrole nitrogens is 2. The Morgan fingerprint density at radius 2 is 0.903 bits per heavy atom. The van der Waals surface area contributed by atoms with Crippen molar-refractivity contribution in [1.82, 2.24) is 48.2 Å². The summed E-state index contributed by atoms with van der Waals surface area (Å²) < 4.78 is 7.29. The van der Waals surface area contributed by atoms with Crippen molar-refractivity contribution in [2.45, 2.75) is 166 Å². The second kappa shape index (κ2) is 21.7. The van der Waals surface area contributed by atoms with E-state index in [9.17, 15) is 19.2 Å². The molecule has 17 nitrogen and oxygen atoms in total. The topological polar surface area (TPSA) is 249 Å². The number of rotatable bonds is 8. The zero-order chi connectivity index (χ0) is 46.4. The molecule has 62 heavy (non-hydrogen) atoms. The number of nitrogens with two attached hydrogens (primary N) is 3. The van der Waals surface area contributed by atoms with Crippen LogP contribution in [0.3, 0.4) is 0 Å². The SMILES string of the molecule is C.CC(C)c1cn(C(C)C)c(=O)[nH]c1=O.CC(C)c1cn(C(C)C)c(=O)nc1N.CC(C)c1cn(C(C)C)c2nc(N)[nH]c(=O)c12.CC(C)c1cn(C(C)C)c2ncnc(N)c12. The van der Waals surface area contributed by atoms with Crippen molar-refractivity contribution < 1.29 is 0 Å². The minimum atomic E-state index is -0.339. The van der Waals surface area contributed by atoms with Crippen LogP contribution in [0.25, 0.3) is 22.1 Å². The molecule has 0 unspecified atom stereocenters. The number of hydrogen-bond acceptors (Lipinski definition) is 11. The van der Waals surface area contributed by atoms with E-state index in [0.29, 0.717) is 40.2 Å². The first-order valence-corrected chi connectivity index (χ1v) is 21.0. The Morgan fingerprint density at radius 1 is 0.468 bits per heavy atom. The summed E-state index contributed by atoms with van der Waals surface area (Å²) in [6, 6.07) is 0.813. The average molecular weight is 860 g/mol. The molecule has 6 aromatic rings. The highest BCUT2D eigenvalue weighted by atomic mass is 16.2. The molecule has 0 aromatic carbocycles. The Kier molecular flexibility index (Phi) is 18.2. The van der Waals surface area contributed by atoms with E-state index in [-0.39, 0.29) is 71.8 Å². The van der Waals surface area contributed by atoms with Crippen molar-refractivity contribution in [2.75, 3.05) is 17.2 Å². The number of aromatic amines is 2. The molecule has 17 heteroatoms. The molecule has 0 aliphatic rings. The molecule has 0 spiro atoms. The minimum absolute atomic E-state index is 0. The van der Waals surface area contributed by atoms with Gasteiger partial charge < -0.3 is 26.3 Å². The van der Waals surface area contributed by atoms with E-state index in [2.05, 4.69) is 96.1 Å². The molecule has 0 saturated heterocycles. The van der Waals surface area contributed by atoms with Crippen LogP contribution in [-0.2, 0) is 0 Å². The third kappa shape index (κ3) is 12.1. The van der Waals surface area contributed by atoms with Crippen LogP contribution in [0, 0.1) is 0 Å². The van der Waals surface area contributed by atoms with Gasteiger partial charge in [-0.15, -0.1) is 0 Å². The summed E-state index contributed by atoms with van der Waals surface area (Å²) >= 11 is 0. The molecule has 0 atom stereocenters. The molecule has 0 aliphatic heterocycles. The van der Waals surface area contributed by atoms with Gasteiger partial charge in [-0.25, -0.2) is 19.6 Å². The zero-order valence-corrected chi connectivity index (χ0v) is 38.9. The zero-order valence-electron chi connectivity index (χ0n) is 38.9. The molecular weight excluding hydrogens is 787 g/mol. The summed E-state index contributed by atoms with van der Waals surface area (Å²) in [5.41, 5.74) is 21.6. The number of aromatic nitrogens is 10. The van der Waals surface area contributed by atoms with Crippen LogP contribution in [0.15, 0.2) is 50.3 Å². The van der Waals surface area contributed by atoms with E-state index in [1.165, 1.54) is 16.5 Å². The number of anilines is 3. The maximum absolute atomic E-state index is 12.0. The fourth-order valence-electron chi connectivity index (χ4n) is 6.61. The molecule has 0 bridgehead atoms. The van der Waals surface area contributed by atoms with Gasteiger partial charge in [0, 0.05) is 60.1 Å². The maximum Gasteiger partial charge on any atom is 0.349 e. The van der Waals surface area contributed by atoms with Gasteiger partial charge in [0.1, 0.15) is 29.3 Å². The lowest BCUT2D eigenvalue weighted by Crippen LogP contribution is -2.33. The number of nitrogen functional groups attached to an aromatic ring is 3. The van der Waals surface area contributed by atoms with Crippen molar-refractivity contribution in [2.24, 2.45) is 0 Å². The van der Waals surface area contributed by atoms with Crippen LogP contribution in [0.5, 0.6) is 0 Å². The Labute approximate surface area is 365 Å². The highest BCUT2D eigenvalue weighted by Crippen LogP contribution is 2.31. The summed E-state index contributed by atoms with van der Waals surface area (Å²) in [5.74, 6) is 2.21. The lowest BCUT2D eigenvalue weighted by atomic mass is 10.0. The highest BCUT2D eigenvalue weighted by molar-refractivity contribution is 5.90. The monoisotopic (exact) mass is 860 g/mol. The van der Waals surface area contributed by atoms with Gasteiger partial charge in [0.2, 0.25) is 5.95 Å². The summed E-state index contributed by atoms with van der Waals surface area (Å²) in [6.45, 7) is 32.5. The van der Waals surface area contributed by atoms with Crippen molar-refractivity contribution in [3.63, 3.8) is 0 Å². The molecule has 0 saturated carbocycles. The van der Waals surface area contributed by atoms with E-state index in [1.807, 2.05) is 66.2 Å². The molecule has 0 radical (unpaired) electrons. The second-order valence-electron chi connectivity index (χ2n) is 17.6. The smallest absolute Gasteiger partial charge is 0.349 e. The van der Waals surface area contributed by atoms with Gasteiger partial charge in [0.15, 0.2) is 0 Å². The van der Waals surface area contributed by atoms with Gasteiger partial charge in [-0.3, -0.25) is 28.7 Å². The molecular formula is C45H73N13O4. The summed E-state index contributed by atoms with van der Waals surface area (Å²) in [7, 11) is 0. The summed E-state index contributed by atoms with van der Waals surface area (Å²) in [6.07, 6.45) is 9.13. The minimum Gasteiger partial charge on any atom is -0.383 e. The second-order valence-corrected chi connectivity index (χ2v) is 17.6. The molecule has 0 amide bonds. The lowest BCUT2D eigenvalue weighted by Gasteiger charge is -2.14. The molecule has 6 rings (SSSR count). The van der Waals surface area contributed by atoms with E-state index in [4.69, 9.17) is 17.2 Å². The van der Waals surface area contributed by atoms with Gasteiger partial charge in [0.05, 0.1) is 10.8 Å². The third-order valence-electron chi connectivity index (χ3n) is 10.1. The average Bonchev–Trinajstić information content (AvgIpc) is 3.73. The van der Waals surface area contributed by atoms with Crippen LogP contribution in [0.4, 0.5) is 17.6 Å². The van der Waals surface area contributed by atoms with Crippen LogP contribution in [0.2, 0.25) is 0 Å². The quantitative estimate of drug-likeness (QED) is 0.0977. The first-order valence-electron chi connectivity index (χ1n) is 21.0. The lowest BCUT2D eigenvalue weighted by molar-refractivity contribution is 0.552. The number of fused-ring (bicyclic) bond motifs is 2. The van der Waals surface area contributed by atoms with Crippen LogP contribution < -0.4 is 39.7 Å². The fraction of sp³-hybridized carbons (Fsp3) is 0.556. The largest absolute Gasteiger partial charge is 0.383 e. The summed E-state index contributed by atoms with van der Waals surface area (Å²) in [5, 5.41) is 1.66. The van der Waals surface area contributed by atoms with E-state index in [0.717, 1.165) is 22.2 Å². The van der Waals surface area contributed by atoms with Crippen molar-refractivity contribution in [3.05, 3.63) is 95.0 Å². The third-order valence-corrected chi connectivity index (χ3v) is 10.1. The molecule has 6 heterocycles. The predicted octanol–water partition coefficient (Wildman–Crippen LogP) is 8.14. The molecule has 0 aliphatic carbocycles. The normalized spacial score (nSPS) is 11.4. The first-order chi connectivity index (χ1) is 28.3. The first kappa shape index (κ1) is 52.1. The maximum atomic E-state index is 12.0. The van der Waals surface area contributed by atoms with Crippen LogP contribution >= 0.6 is 0 Å². The van der Waals surface area contributed by atoms with Gasteiger partial charge in [0.25, 0.3) is 11.1 Å². The Hall–Kier alpha value is -6.00. The van der Waals surface area contributed by atoms with E-state index >= 15 is 0 Å². The molecule has 6 aromatic heterocycles. The van der Waals surface area contributed by atoms with Crippen LogP contribution in [0.1, 0.15) is 188 Å². The summed E-state index contributed by atoms with van der Waals surface area (Å²) in [4.78, 5) is 67.5. The van der Waals surface area contributed by atoms with E-state index < -0.39 is 0 Å². The van der Waals surface area contributed by atoms with Gasteiger partial charge in [-0.1, -0.05) is 62.8 Å². The predicted molar refractivity (Wildman–Crippen MR) is 256 cm³/mol. The highest BCUT2D eigenvalue weighted by Gasteiger charge is 2.19. The van der Waals surface area contributed by atoms with Gasteiger partial charge in [-0.2, -0.15) is 9.97 Å². The Balaban J connectivity index is 0.000000284.